The lowest BCUT2D eigenvalue weighted by atomic mass is 10.4. The third-order valence-corrected chi connectivity index (χ3v) is 1.47. The first-order valence-electron chi connectivity index (χ1n) is 2.34. The monoisotopic (exact) mass is 125 g/mol. The number of hydrogen-bond acceptors (Lipinski definition) is 2. The first-order chi connectivity index (χ1) is 3.93. The molecule has 1 N–H and O–H groups in total. The molecule has 0 bridgehead atoms. The standard InChI is InChI=1S/C6H7NS/c1-2-6-4-3-5-8-7-6/h2-5,7H,1H2. The molecule has 42 valence electrons. The third kappa shape index (κ3) is 1.17. The van der Waals surface area contributed by atoms with Gasteiger partial charge >= 0.3 is 0 Å². The van der Waals surface area contributed by atoms with Crippen LogP contribution < -0.4 is 4.72 Å². The van der Waals surface area contributed by atoms with Gasteiger partial charge in [-0.15, -0.1) is 0 Å². The van der Waals surface area contributed by atoms with E-state index in [9.17, 15) is 0 Å². The summed E-state index contributed by atoms with van der Waals surface area (Å²) in [6, 6.07) is 0. The zero-order chi connectivity index (χ0) is 5.82. The minimum Gasteiger partial charge on any atom is -0.326 e. The predicted molar refractivity (Wildman–Crippen MR) is 38.1 cm³/mol. The number of nitrogens with one attached hydrogen (secondary N) is 1. The summed E-state index contributed by atoms with van der Waals surface area (Å²) >= 11 is 1.56. The first kappa shape index (κ1) is 5.51. The van der Waals surface area contributed by atoms with Crippen LogP contribution in [-0.4, -0.2) is 0 Å². The molecule has 0 saturated carbocycles. The number of rotatable bonds is 1. The summed E-state index contributed by atoms with van der Waals surface area (Å²) in [6.07, 6.45) is 5.75. The van der Waals surface area contributed by atoms with E-state index in [2.05, 4.69) is 11.3 Å². The summed E-state index contributed by atoms with van der Waals surface area (Å²) in [5, 5.41) is 1.98. The molecule has 0 aromatic rings. The van der Waals surface area contributed by atoms with Gasteiger partial charge in [0.2, 0.25) is 0 Å². The third-order valence-electron chi connectivity index (χ3n) is 0.819. The Kier molecular flexibility index (Phi) is 1.80. The molecule has 0 amide bonds. The van der Waals surface area contributed by atoms with Crippen LogP contribution in [-0.2, 0) is 0 Å². The van der Waals surface area contributed by atoms with Gasteiger partial charge in [-0.3, -0.25) is 0 Å². The van der Waals surface area contributed by atoms with Crippen molar-refractivity contribution in [2.45, 2.75) is 0 Å². The fourth-order valence-corrected chi connectivity index (χ4v) is 0.941. The Hall–Kier alpha value is -0.630. The molecule has 0 aromatic carbocycles. The SMILES string of the molecule is C=CC1=CC=CSN1. The highest BCUT2D eigenvalue weighted by molar-refractivity contribution is 8.00. The molecule has 0 radical (unpaired) electrons. The molecule has 0 fully saturated rings. The van der Waals surface area contributed by atoms with Gasteiger partial charge in [0.25, 0.3) is 0 Å². The molecule has 0 saturated heterocycles. The molecule has 0 aliphatic carbocycles. The fraction of sp³-hybridized carbons (Fsp3) is 0. The van der Waals surface area contributed by atoms with Crippen LogP contribution in [0.4, 0.5) is 0 Å². The minimum absolute atomic E-state index is 1.07. The lowest BCUT2D eigenvalue weighted by Gasteiger charge is -2.03. The van der Waals surface area contributed by atoms with Gasteiger partial charge in [-0.1, -0.05) is 12.7 Å². The lowest BCUT2D eigenvalue weighted by Crippen LogP contribution is -2.00. The van der Waals surface area contributed by atoms with Crippen molar-refractivity contribution < 1.29 is 0 Å². The molecular formula is C6H7NS. The minimum atomic E-state index is 1.07. The average Bonchev–Trinajstić information content (AvgIpc) is 1.90. The highest BCUT2D eigenvalue weighted by Gasteiger charge is 1.89. The van der Waals surface area contributed by atoms with Crippen molar-refractivity contribution in [3.05, 3.63) is 35.9 Å². The molecule has 0 atom stereocenters. The van der Waals surface area contributed by atoms with Crippen LogP contribution >= 0.6 is 11.9 Å². The van der Waals surface area contributed by atoms with Gasteiger partial charge in [0.05, 0.1) is 0 Å². The lowest BCUT2D eigenvalue weighted by molar-refractivity contribution is 1.29. The second kappa shape index (κ2) is 2.62. The van der Waals surface area contributed by atoms with E-state index >= 15 is 0 Å². The molecule has 0 unspecified atom stereocenters. The maximum atomic E-state index is 3.61. The van der Waals surface area contributed by atoms with E-state index in [1.54, 1.807) is 18.0 Å². The summed E-state index contributed by atoms with van der Waals surface area (Å²) in [4.78, 5) is 0. The summed E-state index contributed by atoms with van der Waals surface area (Å²) in [7, 11) is 0. The highest BCUT2D eigenvalue weighted by Crippen LogP contribution is 2.07. The van der Waals surface area contributed by atoms with E-state index in [-0.39, 0.29) is 0 Å². The topological polar surface area (TPSA) is 12.0 Å². The van der Waals surface area contributed by atoms with Crippen LogP contribution in [0.3, 0.4) is 0 Å². The van der Waals surface area contributed by atoms with Crippen molar-refractivity contribution in [1.29, 1.82) is 0 Å². The molecule has 1 aliphatic rings. The van der Waals surface area contributed by atoms with Crippen molar-refractivity contribution in [3.63, 3.8) is 0 Å². The summed E-state index contributed by atoms with van der Waals surface area (Å²) in [5.41, 5.74) is 1.07. The van der Waals surface area contributed by atoms with Gasteiger partial charge in [-0.2, -0.15) is 0 Å². The van der Waals surface area contributed by atoms with Gasteiger partial charge in [0.1, 0.15) is 0 Å². The van der Waals surface area contributed by atoms with Crippen molar-refractivity contribution >= 4 is 11.9 Å². The van der Waals surface area contributed by atoms with Crippen LogP contribution in [0, 0.1) is 0 Å². The Morgan fingerprint density at radius 3 is 3.00 bits per heavy atom. The van der Waals surface area contributed by atoms with Gasteiger partial charge in [0.15, 0.2) is 0 Å². The normalized spacial score (nSPS) is 16.8. The quantitative estimate of drug-likeness (QED) is 0.536. The second-order valence-corrected chi connectivity index (χ2v) is 2.09. The number of allylic oxidation sites excluding steroid dienone is 3. The Balaban J connectivity index is 2.63. The Bertz CT molecular complexity index is 147. The van der Waals surface area contributed by atoms with Crippen molar-refractivity contribution in [1.82, 2.24) is 4.72 Å². The summed E-state index contributed by atoms with van der Waals surface area (Å²) in [5.74, 6) is 0. The number of hydrogen-bond donors (Lipinski definition) is 1. The van der Waals surface area contributed by atoms with Gasteiger partial charge < -0.3 is 4.72 Å². The Morgan fingerprint density at radius 1 is 1.75 bits per heavy atom. The molecule has 8 heavy (non-hydrogen) atoms. The van der Waals surface area contributed by atoms with Crippen molar-refractivity contribution in [2.24, 2.45) is 0 Å². The van der Waals surface area contributed by atoms with Crippen LogP contribution in [0.25, 0.3) is 0 Å². The van der Waals surface area contributed by atoms with E-state index < -0.39 is 0 Å². The van der Waals surface area contributed by atoms with Crippen LogP contribution in [0.5, 0.6) is 0 Å². The van der Waals surface area contributed by atoms with E-state index in [1.807, 2.05) is 17.6 Å². The van der Waals surface area contributed by atoms with Crippen LogP contribution in [0.15, 0.2) is 35.9 Å². The zero-order valence-electron chi connectivity index (χ0n) is 4.42. The fourth-order valence-electron chi connectivity index (χ4n) is 0.428. The maximum Gasteiger partial charge on any atom is 0.0437 e. The van der Waals surface area contributed by atoms with Crippen molar-refractivity contribution in [3.8, 4) is 0 Å². The van der Waals surface area contributed by atoms with Crippen LogP contribution in [0.2, 0.25) is 0 Å². The maximum absolute atomic E-state index is 3.61. The zero-order valence-corrected chi connectivity index (χ0v) is 5.24. The Morgan fingerprint density at radius 2 is 2.62 bits per heavy atom. The van der Waals surface area contributed by atoms with E-state index in [4.69, 9.17) is 0 Å². The van der Waals surface area contributed by atoms with Crippen LogP contribution in [0.1, 0.15) is 0 Å². The summed E-state index contributed by atoms with van der Waals surface area (Å²) < 4.78 is 3.04. The van der Waals surface area contributed by atoms with Gasteiger partial charge in [-0.05, 0) is 29.5 Å². The average molecular weight is 125 g/mol. The van der Waals surface area contributed by atoms with Gasteiger partial charge in [0, 0.05) is 5.70 Å². The second-order valence-electron chi connectivity index (χ2n) is 1.37. The van der Waals surface area contributed by atoms with Gasteiger partial charge in [-0.25, -0.2) is 0 Å². The predicted octanol–water partition coefficient (Wildman–Crippen LogP) is 1.82. The molecular weight excluding hydrogens is 118 g/mol. The van der Waals surface area contributed by atoms with E-state index in [1.165, 1.54) is 0 Å². The molecule has 0 aromatic heterocycles. The molecule has 0 spiro atoms. The van der Waals surface area contributed by atoms with Crippen molar-refractivity contribution in [2.75, 3.05) is 0 Å². The Labute approximate surface area is 53.3 Å². The molecule has 1 rings (SSSR count). The largest absolute Gasteiger partial charge is 0.326 e. The highest BCUT2D eigenvalue weighted by atomic mass is 32.2. The molecule has 2 heteroatoms. The first-order valence-corrected chi connectivity index (χ1v) is 3.22. The smallest absolute Gasteiger partial charge is 0.0437 e. The summed E-state index contributed by atoms with van der Waals surface area (Å²) in [6.45, 7) is 3.61. The molecule has 1 heterocycles. The molecule has 1 aliphatic heterocycles. The molecule has 1 nitrogen and oxygen atoms in total. The van der Waals surface area contributed by atoms with E-state index in [0.29, 0.717) is 0 Å². The van der Waals surface area contributed by atoms with E-state index in [0.717, 1.165) is 5.70 Å².